The van der Waals surface area contributed by atoms with Crippen molar-refractivity contribution < 1.29 is 19.5 Å². The summed E-state index contributed by atoms with van der Waals surface area (Å²) < 4.78 is 0. The van der Waals surface area contributed by atoms with Crippen LogP contribution in [-0.4, -0.2) is 34.5 Å². The van der Waals surface area contributed by atoms with Crippen molar-refractivity contribution >= 4 is 23.5 Å². The minimum atomic E-state index is -1.08. The molecule has 0 spiro atoms. The summed E-state index contributed by atoms with van der Waals surface area (Å²) in [6.45, 7) is -0.0867. The number of aromatic carboxylic acids is 1. The van der Waals surface area contributed by atoms with Gasteiger partial charge in [-0.3, -0.25) is 14.5 Å². The van der Waals surface area contributed by atoms with Crippen LogP contribution in [0.15, 0.2) is 48.5 Å². The Labute approximate surface area is 126 Å². The first-order chi connectivity index (χ1) is 10.6. The molecule has 2 amide bonds. The normalized spacial score (nSPS) is 13.2. The number of rotatable bonds is 4. The van der Waals surface area contributed by atoms with Crippen molar-refractivity contribution in [3.8, 4) is 0 Å². The Morgan fingerprint density at radius 3 is 2.09 bits per heavy atom. The molecule has 0 saturated heterocycles. The van der Waals surface area contributed by atoms with E-state index in [4.69, 9.17) is 5.11 Å². The zero-order valence-electron chi connectivity index (χ0n) is 11.4. The maximum Gasteiger partial charge on any atom is 0.337 e. The van der Waals surface area contributed by atoms with Crippen molar-refractivity contribution in [1.29, 1.82) is 0 Å². The highest BCUT2D eigenvalue weighted by Crippen LogP contribution is 2.23. The molecule has 0 atom stereocenters. The van der Waals surface area contributed by atoms with E-state index in [2.05, 4.69) is 5.32 Å². The Morgan fingerprint density at radius 2 is 1.50 bits per heavy atom. The predicted octanol–water partition coefficient (Wildman–Crippen LogP) is 2.05. The number of carbonyl (C=O) groups excluding carboxylic acids is 2. The molecule has 1 aliphatic rings. The molecule has 6 heteroatoms. The van der Waals surface area contributed by atoms with Gasteiger partial charge >= 0.3 is 5.97 Å². The molecule has 6 nitrogen and oxygen atoms in total. The molecule has 0 unspecified atom stereocenters. The van der Waals surface area contributed by atoms with Gasteiger partial charge in [0.2, 0.25) is 0 Å². The van der Waals surface area contributed by atoms with E-state index in [1.54, 1.807) is 42.5 Å². The second-order valence-corrected chi connectivity index (χ2v) is 4.77. The number of hydrogen-bond acceptors (Lipinski definition) is 4. The SMILES string of the molecule is O=C(O)c1ccccc1NCN1C(=O)c2ccccc2C1=O. The fraction of sp³-hybridized carbons (Fsp3) is 0.0625. The molecule has 0 bridgehead atoms. The van der Waals surface area contributed by atoms with Gasteiger partial charge in [0.1, 0.15) is 0 Å². The summed E-state index contributed by atoms with van der Waals surface area (Å²) in [7, 11) is 0. The van der Waals surface area contributed by atoms with Gasteiger partial charge in [0.25, 0.3) is 11.8 Å². The van der Waals surface area contributed by atoms with E-state index in [1.165, 1.54) is 6.07 Å². The third kappa shape index (κ3) is 2.20. The molecule has 1 aliphatic heterocycles. The highest BCUT2D eigenvalue weighted by Gasteiger charge is 2.34. The van der Waals surface area contributed by atoms with Crippen LogP contribution in [0.1, 0.15) is 31.1 Å². The molecule has 3 rings (SSSR count). The predicted molar refractivity (Wildman–Crippen MR) is 78.8 cm³/mol. The van der Waals surface area contributed by atoms with E-state index in [9.17, 15) is 14.4 Å². The van der Waals surface area contributed by atoms with Crippen LogP contribution in [0.5, 0.6) is 0 Å². The van der Waals surface area contributed by atoms with Crippen LogP contribution in [0.3, 0.4) is 0 Å². The van der Waals surface area contributed by atoms with Gasteiger partial charge < -0.3 is 10.4 Å². The van der Waals surface area contributed by atoms with Gasteiger partial charge in [0, 0.05) is 0 Å². The summed E-state index contributed by atoms with van der Waals surface area (Å²) in [4.78, 5) is 36.6. The second kappa shape index (κ2) is 5.33. The molecule has 2 aromatic carbocycles. The molecular formula is C16H12N2O4. The summed E-state index contributed by atoms with van der Waals surface area (Å²) in [5, 5.41) is 12.0. The number of nitrogens with zero attached hydrogens (tertiary/aromatic N) is 1. The molecule has 110 valence electrons. The Balaban J connectivity index is 1.81. The first-order valence-electron chi connectivity index (χ1n) is 6.61. The van der Waals surface area contributed by atoms with E-state index in [1.807, 2.05) is 0 Å². The third-order valence-electron chi connectivity index (χ3n) is 3.46. The largest absolute Gasteiger partial charge is 0.478 e. The molecule has 22 heavy (non-hydrogen) atoms. The van der Waals surface area contributed by atoms with E-state index >= 15 is 0 Å². The van der Waals surface area contributed by atoms with Crippen LogP contribution in [-0.2, 0) is 0 Å². The number of para-hydroxylation sites is 1. The maximum absolute atomic E-state index is 12.2. The fourth-order valence-electron chi connectivity index (χ4n) is 2.37. The van der Waals surface area contributed by atoms with Gasteiger partial charge in [0.05, 0.1) is 29.0 Å². The topological polar surface area (TPSA) is 86.7 Å². The molecule has 2 N–H and O–H groups in total. The maximum atomic E-state index is 12.2. The first kappa shape index (κ1) is 13.8. The zero-order chi connectivity index (χ0) is 15.7. The Hall–Kier alpha value is -3.15. The minimum Gasteiger partial charge on any atom is -0.478 e. The summed E-state index contributed by atoms with van der Waals surface area (Å²) in [6.07, 6.45) is 0. The average molecular weight is 296 g/mol. The fourth-order valence-corrected chi connectivity index (χ4v) is 2.37. The molecule has 0 saturated carbocycles. The van der Waals surface area contributed by atoms with Crippen molar-refractivity contribution in [3.05, 3.63) is 65.2 Å². The first-order valence-corrected chi connectivity index (χ1v) is 6.61. The highest BCUT2D eigenvalue weighted by atomic mass is 16.4. The lowest BCUT2D eigenvalue weighted by molar-refractivity contribution is 0.0664. The minimum absolute atomic E-state index is 0.0825. The van der Waals surface area contributed by atoms with Crippen LogP contribution < -0.4 is 5.32 Å². The van der Waals surface area contributed by atoms with Crippen molar-refractivity contribution in [1.82, 2.24) is 4.90 Å². The smallest absolute Gasteiger partial charge is 0.337 e. The van der Waals surface area contributed by atoms with Gasteiger partial charge in [-0.1, -0.05) is 24.3 Å². The van der Waals surface area contributed by atoms with E-state index in [0.29, 0.717) is 16.8 Å². The summed E-state index contributed by atoms with van der Waals surface area (Å²) in [6, 6.07) is 12.9. The number of nitrogens with one attached hydrogen (secondary N) is 1. The van der Waals surface area contributed by atoms with Crippen molar-refractivity contribution in [2.24, 2.45) is 0 Å². The Kier molecular flexibility index (Phi) is 3.34. The lowest BCUT2D eigenvalue weighted by atomic mass is 10.1. The molecule has 1 heterocycles. The molecular weight excluding hydrogens is 284 g/mol. The van der Waals surface area contributed by atoms with E-state index < -0.39 is 5.97 Å². The number of fused-ring (bicyclic) bond motifs is 1. The average Bonchev–Trinajstić information content (AvgIpc) is 2.77. The Morgan fingerprint density at radius 1 is 0.955 bits per heavy atom. The summed E-state index contributed by atoms with van der Waals surface area (Å²) in [5.41, 5.74) is 1.16. The number of carboxylic acid groups (broad SMARTS) is 1. The standard InChI is InChI=1S/C16H12N2O4/c19-14-10-5-1-2-6-11(10)15(20)18(14)9-17-13-8-4-3-7-12(13)16(21)22/h1-8,17H,9H2,(H,21,22). The second-order valence-electron chi connectivity index (χ2n) is 4.77. The molecule has 0 aromatic heterocycles. The number of hydrogen-bond donors (Lipinski definition) is 2. The summed E-state index contributed by atoms with van der Waals surface area (Å²) >= 11 is 0. The molecule has 0 radical (unpaired) electrons. The van der Waals surface area contributed by atoms with Crippen LogP contribution in [0.4, 0.5) is 5.69 Å². The monoisotopic (exact) mass is 296 g/mol. The quantitative estimate of drug-likeness (QED) is 0.843. The lowest BCUT2D eigenvalue weighted by Crippen LogP contribution is -2.34. The van der Waals surface area contributed by atoms with Crippen LogP contribution in [0, 0.1) is 0 Å². The number of anilines is 1. The van der Waals surface area contributed by atoms with Crippen molar-refractivity contribution in [2.75, 3.05) is 12.0 Å². The Bertz CT molecular complexity index is 750. The number of imide groups is 1. The summed E-state index contributed by atoms with van der Waals surface area (Å²) in [5.74, 6) is -1.85. The third-order valence-corrected chi connectivity index (χ3v) is 3.46. The van der Waals surface area contributed by atoms with E-state index in [0.717, 1.165) is 4.90 Å². The lowest BCUT2D eigenvalue weighted by Gasteiger charge is -2.16. The van der Waals surface area contributed by atoms with Gasteiger partial charge in [-0.15, -0.1) is 0 Å². The van der Waals surface area contributed by atoms with Gasteiger partial charge in [0.15, 0.2) is 0 Å². The van der Waals surface area contributed by atoms with Crippen LogP contribution in [0.25, 0.3) is 0 Å². The zero-order valence-corrected chi connectivity index (χ0v) is 11.4. The highest BCUT2D eigenvalue weighted by molar-refractivity contribution is 6.21. The molecule has 0 aliphatic carbocycles. The van der Waals surface area contributed by atoms with Crippen molar-refractivity contribution in [2.45, 2.75) is 0 Å². The number of benzene rings is 2. The van der Waals surface area contributed by atoms with Gasteiger partial charge in [-0.05, 0) is 24.3 Å². The molecule has 2 aromatic rings. The van der Waals surface area contributed by atoms with Crippen molar-refractivity contribution in [3.63, 3.8) is 0 Å². The van der Waals surface area contributed by atoms with Crippen LogP contribution in [0.2, 0.25) is 0 Å². The number of carbonyl (C=O) groups is 3. The molecule has 0 fully saturated rings. The van der Waals surface area contributed by atoms with Gasteiger partial charge in [-0.25, -0.2) is 4.79 Å². The van der Waals surface area contributed by atoms with E-state index in [-0.39, 0.29) is 24.0 Å². The van der Waals surface area contributed by atoms with Crippen LogP contribution >= 0.6 is 0 Å². The number of amides is 2. The van der Waals surface area contributed by atoms with Gasteiger partial charge in [-0.2, -0.15) is 0 Å². The number of carboxylic acids is 1.